The lowest BCUT2D eigenvalue weighted by Gasteiger charge is -2.22. The van der Waals surface area contributed by atoms with Crippen LogP contribution in [0.15, 0.2) is 71.9 Å². The lowest BCUT2D eigenvalue weighted by Crippen LogP contribution is -2.34. The topological polar surface area (TPSA) is 55.3 Å². The SMILES string of the molecule is COCCN(Cc1ccccc1)C(=O)CSc1nc(C)cc(-c2ccccc2)n1. The number of ether oxygens (including phenoxy) is 1. The zero-order valence-electron chi connectivity index (χ0n) is 16.7. The van der Waals surface area contributed by atoms with Crippen LogP contribution in [0.2, 0.25) is 0 Å². The number of carbonyl (C=O) groups excluding carboxylic acids is 1. The van der Waals surface area contributed by atoms with Gasteiger partial charge in [0, 0.05) is 31.5 Å². The average Bonchev–Trinajstić information content (AvgIpc) is 2.76. The molecule has 0 spiro atoms. The summed E-state index contributed by atoms with van der Waals surface area (Å²) in [6, 6.07) is 21.9. The molecular weight excluding hydrogens is 382 g/mol. The third-order valence-electron chi connectivity index (χ3n) is 4.36. The Hall–Kier alpha value is -2.70. The van der Waals surface area contributed by atoms with Crippen molar-refractivity contribution in [3.05, 3.63) is 78.0 Å². The summed E-state index contributed by atoms with van der Waals surface area (Å²) in [4.78, 5) is 23.8. The van der Waals surface area contributed by atoms with Crippen molar-refractivity contribution >= 4 is 17.7 Å². The number of amides is 1. The van der Waals surface area contributed by atoms with Gasteiger partial charge in [0.2, 0.25) is 5.91 Å². The summed E-state index contributed by atoms with van der Waals surface area (Å²) in [7, 11) is 1.64. The van der Waals surface area contributed by atoms with E-state index in [2.05, 4.69) is 9.97 Å². The minimum absolute atomic E-state index is 0.0438. The van der Waals surface area contributed by atoms with E-state index in [1.807, 2.05) is 78.6 Å². The van der Waals surface area contributed by atoms with Crippen LogP contribution in [0.25, 0.3) is 11.3 Å². The van der Waals surface area contributed by atoms with Gasteiger partial charge in [0.05, 0.1) is 18.1 Å². The fourth-order valence-electron chi connectivity index (χ4n) is 2.88. The monoisotopic (exact) mass is 407 g/mol. The summed E-state index contributed by atoms with van der Waals surface area (Å²) in [6.07, 6.45) is 0. The van der Waals surface area contributed by atoms with E-state index < -0.39 is 0 Å². The summed E-state index contributed by atoms with van der Waals surface area (Å²) in [5.74, 6) is 0.330. The average molecular weight is 408 g/mol. The number of hydrogen-bond acceptors (Lipinski definition) is 5. The van der Waals surface area contributed by atoms with Gasteiger partial charge in [-0.3, -0.25) is 4.79 Å². The molecule has 0 unspecified atom stereocenters. The number of hydrogen-bond donors (Lipinski definition) is 0. The van der Waals surface area contributed by atoms with Crippen LogP contribution in [0.3, 0.4) is 0 Å². The summed E-state index contributed by atoms with van der Waals surface area (Å²) in [6.45, 7) is 3.56. The van der Waals surface area contributed by atoms with Crippen LogP contribution < -0.4 is 0 Å². The predicted molar refractivity (Wildman–Crippen MR) is 117 cm³/mol. The minimum atomic E-state index is 0.0438. The van der Waals surface area contributed by atoms with Gasteiger partial charge in [-0.25, -0.2) is 9.97 Å². The molecule has 3 aromatic rings. The van der Waals surface area contributed by atoms with E-state index in [1.165, 1.54) is 11.8 Å². The second-order valence-corrected chi connectivity index (χ2v) is 7.57. The van der Waals surface area contributed by atoms with Crippen LogP contribution in [-0.2, 0) is 16.1 Å². The summed E-state index contributed by atoms with van der Waals surface area (Å²) in [5, 5.41) is 0.614. The van der Waals surface area contributed by atoms with Crippen LogP contribution in [0.1, 0.15) is 11.3 Å². The number of methoxy groups -OCH3 is 1. The molecule has 150 valence electrons. The van der Waals surface area contributed by atoms with Crippen molar-refractivity contribution in [2.24, 2.45) is 0 Å². The van der Waals surface area contributed by atoms with Crippen molar-refractivity contribution < 1.29 is 9.53 Å². The van der Waals surface area contributed by atoms with Crippen molar-refractivity contribution in [1.29, 1.82) is 0 Å². The first-order chi connectivity index (χ1) is 14.2. The molecule has 1 aromatic heterocycles. The van der Waals surface area contributed by atoms with Crippen LogP contribution in [0.4, 0.5) is 0 Å². The van der Waals surface area contributed by atoms with Crippen molar-refractivity contribution in [3.8, 4) is 11.3 Å². The van der Waals surface area contributed by atoms with Crippen molar-refractivity contribution in [1.82, 2.24) is 14.9 Å². The van der Waals surface area contributed by atoms with Crippen LogP contribution in [-0.4, -0.2) is 46.8 Å². The Balaban J connectivity index is 1.68. The normalized spacial score (nSPS) is 10.7. The lowest BCUT2D eigenvalue weighted by atomic mass is 10.1. The first kappa shape index (κ1) is 21.0. The predicted octanol–water partition coefficient (Wildman–Crippen LogP) is 4.22. The molecule has 0 aliphatic heterocycles. The van der Waals surface area contributed by atoms with Gasteiger partial charge in [0.15, 0.2) is 5.16 Å². The number of aromatic nitrogens is 2. The second kappa shape index (κ2) is 10.7. The quantitative estimate of drug-likeness (QED) is 0.393. The van der Waals surface area contributed by atoms with Gasteiger partial charge >= 0.3 is 0 Å². The number of thioether (sulfide) groups is 1. The maximum absolute atomic E-state index is 12.9. The fourth-order valence-corrected chi connectivity index (χ4v) is 3.68. The van der Waals surface area contributed by atoms with Gasteiger partial charge in [0.1, 0.15) is 0 Å². The minimum Gasteiger partial charge on any atom is -0.383 e. The van der Waals surface area contributed by atoms with Crippen LogP contribution >= 0.6 is 11.8 Å². The fraction of sp³-hybridized carbons (Fsp3) is 0.261. The molecule has 1 amide bonds. The Morgan fingerprint density at radius 2 is 1.72 bits per heavy atom. The van der Waals surface area contributed by atoms with Crippen LogP contribution in [0.5, 0.6) is 0 Å². The third-order valence-corrected chi connectivity index (χ3v) is 5.19. The summed E-state index contributed by atoms with van der Waals surface area (Å²) >= 11 is 1.37. The molecule has 3 rings (SSSR count). The zero-order chi connectivity index (χ0) is 20.5. The Kier molecular flexibility index (Phi) is 7.78. The largest absolute Gasteiger partial charge is 0.383 e. The molecule has 6 heteroatoms. The molecule has 0 saturated carbocycles. The van der Waals surface area contributed by atoms with E-state index in [1.54, 1.807) is 7.11 Å². The van der Waals surface area contributed by atoms with E-state index in [9.17, 15) is 4.79 Å². The van der Waals surface area contributed by atoms with Crippen molar-refractivity contribution in [2.75, 3.05) is 26.0 Å². The number of nitrogens with zero attached hydrogens (tertiary/aromatic N) is 3. The summed E-state index contributed by atoms with van der Waals surface area (Å²) < 4.78 is 5.18. The van der Waals surface area contributed by atoms with Gasteiger partial charge in [-0.15, -0.1) is 0 Å². The van der Waals surface area contributed by atoms with E-state index in [-0.39, 0.29) is 11.7 Å². The standard InChI is InChI=1S/C23H25N3O2S/c1-18-15-21(20-11-7-4-8-12-20)25-23(24-18)29-17-22(27)26(13-14-28-2)16-19-9-5-3-6-10-19/h3-12,15H,13-14,16-17H2,1-2H3. The van der Waals surface area contributed by atoms with E-state index in [4.69, 9.17) is 4.74 Å². The van der Waals surface area contributed by atoms with E-state index >= 15 is 0 Å². The Bertz CT molecular complexity index is 920. The maximum Gasteiger partial charge on any atom is 0.233 e. The molecule has 5 nitrogen and oxygen atoms in total. The molecule has 0 atom stereocenters. The highest BCUT2D eigenvalue weighted by molar-refractivity contribution is 7.99. The third kappa shape index (κ3) is 6.41. The molecular formula is C23H25N3O2S. The highest BCUT2D eigenvalue weighted by atomic mass is 32.2. The van der Waals surface area contributed by atoms with Crippen LogP contribution in [0, 0.1) is 6.92 Å². The molecule has 0 radical (unpaired) electrons. The Labute approximate surface area is 176 Å². The Morgan fingerprint density at radius 1 is 1.03 bits per heavy atom. The lowest BCUT2D eigenvalue weighted by molar-refractivity contribution is -0.129. The molecule has 0 N–H and O–H groups in total. The number of benzene rings is 2. The highest BCUT2D eigenvalue weighted by Gasteiger charge is 2.15. The van der Waals surface area contributed by atoms with E-state index in [0.29, 0.717) is 24.9 Å². The molecule has 0 aliphatic rings. The van der Waals surface area contributed by atoms with Gasteiger partial charge in [-0.05, 0) is 18.6 Å². The molecule has 1 heterocycles. The van der Waals surface area contributed by atoms with Gasteiger partial charge in [0.25, 0.3) is 0 Å². The molecule has 0 fully saturated rings. The van der Waals surface area contributed by atoms with E-state index in [0.717, 1.165) is 22.5 Å². The van der Waals surface area contributed by atoms with Gasteiger partial charge in [-0.1, -0.05) is 72.4 Å². The van der Waals surface area contributed by atoms with Crippen molar-refractivity contribution in [3.63, 3.8) is 0 Å². The summed E-state index contributed by atoms with van der Waals surface area (Å²) in [5.41, 5.74) is 3.89. The first-order valence-electron chi connectivity index (χ1n) is 9.50. The molecule has 29 heavy (non-hydrogen) atoms. The second-order valence-electron chi connectivity index (χ2n) is 6.63. The number of carbonyl (C=O) groups is 1. The van der Waals surface area contributed by atoms with Crippen molar-refractivity contribution in [2.45, 2.75) is 18.6 Å². The maximum atomic E-state index is 12.9. The highest BCUT2D eigenvalue weighted by Crippen LogP contribution is 2.22. The molecule has 0 bridgehead atoms. The van der Waals surface area contributed by atoms with Gasteiger partial charge in [-0.2, -0.15) is 0 Å². The number of rotatable bonds is 9. The molecule has 2 aromatic carbocycles. The number of aryl methyl sites for hydroxylation is 1. The first-order valence-corrected chi connectivity index (χ1v) is 10.5. The van der Waals surface area contributed by atoms with Gasteiger partial charge < -0.3 is 9.64 Å². The Morgan fingerprint density at radius 3 is 2.41 bits per heavy atom. The molecule has 0 saturated heterocycles. The zero-order valence-corrected chi connectivity index (χ0v) is 17.6. The smallest absolute Gasteiger partial charge is 0.233 e. The molecule has 0 aliphatic carbocycles.